The highest BCUT2D eigenvalue weighted by atomic mass is 35.5. The number of epoxide rings is 1. The van der Waals surface area contributed by atoms with Crippen LogP contribution in [0, 0.1) is 0 Å². The number of hydrogen-bond donors (Lipinski definition) is 8. The third-order valence-corrected chi connectivity index (χ3v) is 13.0. The maximum atomic E-state index is 14.4. The molecular weight excluding hydrogens is 890 g/mol. The van der Waals surface area contributed by atoms with Crippen molar-refractivity contribution in [2.75, 3.05) is 5.32 Å². The molecule has 0 spiro atoms. The number of anilines is 1. The van der Waals surface area contributed by atoms with Crippen molar-refractivity contribution in [3.8, 4) is 17.2 Å². The first-order chi connectivity index (χ1) is 31.1. The molecule has 8 rings (SSSR count). The number of phenols is 2. The molecule has 2 aliphatic heterocycles. The van der Waals surface area contributed by atoms with Crippen molar-refractivity contribution in [1.82, 2.24) is 0 Å². The number of carbonyl (C=O) groups excluding carboxylic acids is 5. The summed E-state index contributed by atoms with van der Waals surface area (Å²) in [5.41, 5.74) is -12.3. The van der Waals surface area contributed by atoms with Crippen molar-refractivity contribution in [2.45, 2.75) is 99.1 Å². The molecule has 8 N–H and O–H groups in total. The monoisotopic (exact) mass is 931 g/mol. The zero-order chi connectivity index (χ0) is 47.8. The molecule has 10 atom stereocenters. The Morgan fingerprint density at radius 2 is 1.61 bits per heavy atom. The van der Waals surface area contributed by atoms with Crippen LogP contribution in [0.2, 0.25) is 5.02 Å². The highest BCUT2D eigenvalue weighted by molar-refractivity contribution is 6.36. The van der Waals surface area contributed by atoms with Gasteiger partial charge in [0, 0.05) is 55.0 Å². The number of ether oxygens (including phenoxy) is 4. The van der Waals surface area contributed by atoms with Crippen LogP contribution in [0.3, 0.4) is 0 Å². The molecule has 3 aromatic rings. The van der Waals surface area contributed by atoms with Crippen LogP contribution in [0.15, 0.2) is 93.7 Å². The second-order valence-corrected chi connectivity index (χ2v) is 17.1. The van der Waals surface area contributed by atoms with Crippen LogP contribution in [0.4, 0.5) is 5.69 Å². The van der Waals surface area contributed by atoms with Gasteiger partial charge in [-0.15, -0.1) is 0 Å². The average Bonchev–Trinajstić information content (AvgIpc) is 3.98. The van der Waals surface area contributed by atoms with E-state index < -0.39 is 118 Å². The first kappa shape index (κ1) is 46.1. The quantitative estimate of drug-likeness (QED) is 0.0503. The van der Waals surface area contributed by atoms with Gasteiger partial charge >= 0.3 is 17.6 Å². The first-order valence-electron chi connectivity index (χ1n) is 20.5. The summed E-state index contributed by atoms with van der Waals surface area (Å²) in [7, 11) is 0. The van der Waals surface area contributed by atoms with Crippen molar-refractivity contribution in [3.63, 3.8) is 0 Å². The fourth-order valence-corrected chi connectivity index (χ4v) is 9.99. The summed E-state index contributed by atoms with van der Waals surface area (Å²) in [4.78, 5) is 77.7. The Kier molecular flexibility index (Phi) is 11.5. The number of fused-ring (bicyclic) bond motifs is 3. The number of ketones is 2. The van der Waals surface area contributed by atoms with Gasteiger partial charge in [0.25, 0.3) is 0 Å². The Balaban J connectivity index is 0.943. The molecule has 0 unspecified atom stereocenters. The largest absolute Gasteiger partial charge is 0.507 e. The van der Waals surface area contributed by atoms with Crippen LogP contribution in [-0.4, -0.2) is 112 Å². The van der Waals surface area contributed by atoms with Crippen LogP contribution in [0.5, 0.6) is 17.2 Å². The van der Waals surface area contributed by atoms with E-state index in [9.17, 15) is 64.5 Å². The van der Waals surface area contributed by atoms with Crippen molar-refractivity contribution >= 4 is 57.7 Å². The van der Waals surface area contributed by atoms with Gasteiger partial charge in [0.1, 0.15) is 34.3 Å². The molecule has 0 radical (unpaired) electrons. The maximum absolute atomic E-state index is 14.4. The Hall–Kier alpha value is -6.45. The predicted molar refractivity (Wildman–Crippen MR) is 227 cm³/mol. The van der Waals surface area contributed by atoms with E-state index in [-0.39, 0.29) is 51.3 Å². The number of nitrogens with one attached hydrogen (secondary N) is 1. The van der Waals surface area contributed by atoms with Crippen molar-refractivity contribution in [3.05, 3.63) is 117 Å². The van der Waals surface area contributed by atoms with E-state index in [4.69, 9.17) is 35.0 Å². The first-order valence-corrected chi connectivity index (χ1v) is 20.8. The van der Waals surface area contributed by atoms with Crippen molar-refractivity contribution in [2.24, 2.45) is 0 Å². The summed E-state index contributed by atoms with van der Waals surface area (Å²) in [6, 6.07) is 4.95. The second kappa shape index (κ2) is 16.5. The van der Waals surface area contributed by atoms with E-state index in [0.717, 1.165) is 25.2 Å². The summed E-state index contributed by atoms with van der Waals surface area (Å²) in [6.07, 6.45) is 2.51. The van der Waals surface area contributed by atoms with Gasteiger partial charge in [-0.2, -0.15) is 0 Å². The van der Waals surface area contributed by atoms with Gasteiger partial charge in [0.15, 0.2) is 40.1 Å². The molecular formula is C46H42ClNO18. The van der Waals surface area contributed by atoms with Crippen LogP contribution >= 0.6 is 11.6 Å². The van der Waals surface area contributed by atoms with Crippen LogP contribution in [0.1, 0.15) is 73.7 Å². The van der Waals surface area contributed by atoms with Crippen molar-refractivity contribution in [1.29, 1.82) is 0 Å². The van der Waals surface area contributed by atoms with E-state index in [1.165, 1.54) is 67.6 Å². The predicted octanol–water partition coefficient (Wildman–Crippen LogP) is 3.00. The third-order valence-electron chi connectivity index (χ3n) is 12.7. The molecule has 3 aliphatic carbocycles. The Bertz CT molecular complexity index is 2840. The maximum Gasteiger partial charge on any atom is 0.364 e. The van der Waals surface area contributed by atoms with Crippen molar-refractivity contribution < 1.29 is 83.1 Å². The molecule has 1 aromatic heterocycles. The highest BCUT2D eigenvalue weighted by Crippen LogP contribution is 2.74. The molecule has 2 aromatic carbocycles. The summed E-state index contributed by atoms with van der Waals surface area (Å²) >= 11 is 5.94. The number of rotatable bonds is 9. The van der Waals surface area contributed by atoms with Gasteiger partial charge in [0.05, 0.1) is 23.7 Å². The molecule has 2 saturated heterocycles. The summed E-state index contributed by atoms with van der Waals surface area (Å²) in [6.45, 7) is 4.23. The number of phenolic OH excluding ortho intramolecular Hbond substituents is 2. The topological polar surface area (TPSA) is 309 Å². The standard InChI is InChI=1S/C46H42ClNO18/c1-20-16-29(51)45(61)43(60,18-20)19-30(52)44-41(58)33-24(40(57)46(44,45)66-44)13-12-23(36(33)55)27-17-28(38(21(2)62-27)63-22(3)49)64-32(54)11-9-7-5-4-6-8-10-31(53)48-35-37(56)25-14-15-26(50)34(47)39(25)65-42(35)59/h4-16,21,27-28,30,38,41,50,52,55-56,58,60-61H,17-19H2,1-3H3,(H,48,53)/b6-4+,7-5+,10-8+,11-9+/t21-,27-,28+,30-,38+,41-,43-,44+,45+,46-/m0/s1. The summed E-state index contributed by atoms with van der Waals surface area (Å²) in [5, 5.41) is 80.8. The molecule has 0 bridgehead atoms. The summed E-state index contributed by atoms with van der Waals surface area (Å²) < 4.78 is 28.2. The number of aromatic hydroxyl groups is 3. The zero-order valence-corrected chi connectivity index (χ0v) is 35.8. The SMILES string of the molecule is CC(=O)O[C@@H]1[C@H](C)O[C@H](c2ccc3c(c2O)[C@H](O)[C@@]24O[C@]2(C3=O)[C@@]2(O)C(=O)C=C(C)C[C@]2(O)C[C@@H]4O)C[C@H]1OC(=O)/C=C/C=C/C=C/C=C/C(=O)Nc1c(O)c2ccc(O)c(Cl)c2oc1=O. The van der Waals surface area contributed by atoms with Crippen LogP contribution in [0.25, 0.3) is 11.0 Å². The number of allylic oxidation sites excluding steroid dienone is 6. The minimum Gasteiger partial charge on any atom is -0.507 e. The van der Waals surface area contributed by atoms with E-state index in [1.807, 2.05) is 0 Å². The van der Waals surface area contributed by atoms with E-state index in [0.29, 0.717) is 5.57 Å². The minimum absolute atomic E-state index is 0.00805. The highest BCUT2D eigenvalue weighted by Gasteiger charge is 2.96. The Morgan fingerprint density at radius 1 is 0.924 bits per heavy atom. The zero-order valence-electron chi connectivity index (χ0n) is 35.1. The number of carbonyl (C=O) groups is 5. The number of esters is 2. The normalized spacial score (nSPS) is 32.5. The third kappa shape index (κ3) is 6.88. The van der Waals surface area contributed by atoms with E-state index in [1.54, 1.807) is 6.92 Å². The average molecular weight is 932 g/mol. The Morgan fingerprint density at radius 3 is 2.30 bits per heavy atom. The number of Topliss-reactive ketones (excluding diaryl/α,β-unsaturated/α-hetero) is 1. The number of aliphatic hydroxyl groups is 4. The number of halogens is 1. The lowest BCUT2D eigenvalue weighted by molar-refractivity contribution is -0.210. The number of amides is 1. The summed E-state index contributed by atoms with van der Waals surface area (Å²) in [5.74, 6) is -6.08. The molecule has 346 valence electrons. The lowest BCUT2D eigenvalue weighted by Gasteiger charge is -2.54. The van der Waals surface area contributed by atoms with Gasteiger partial charge in [-0.05, 0) is 32.1 Å². The number of benzene rings is 2. The molecule has 19 nitrogen and oxygen atoms in total. The molecule has 66 heavy (non-hydrogen) atoms. The van der Waals surface area contributed by atoms with Gasteiger partial charge in [0.2, 0.25) is 17.3 Å². The molecule has 5 aliphatic rings. The minimum atomic E-state index is -2.88. The van der Waals surface area contributed by atoms with Crippen LogP contribution in [-0.2, 0) is 38.1 Å². The van der Waals surface area contributed by atoms with E-state index >= 15 is 0 Å². The van der Waals surface area contributed by atoms with Gasteiger partial charge in [-0.3, -0.25) is 19.2 Å². The molecule has 20 heteroatoms. The van der Waals surface area contributed by atoms with Gasteiger partial charge in [-0.25, -0.2) is 9.59 Å². The molecule has 1 amide bonds. The Labute approximate surface area is 378 Å². The van der Waals surface area contributed by atoms with E-state index in [2.05, 4.69) is 5.32 Å². The molecule has 3 heterocycles. The number of aliphatic hydroxyl groups excluding tert-OH is 2. The lowest BCUT2D eigenvalue weighted by atomic mass is 9.50. The van der Waals surface area contributed by atoms with Crippen LogP contribution < -0.4 is 10.9 Å². The number of hydrogen-bond acceptors (Lipinski definition) is 18. The fraction of sp³-hybridized carbons (Fsp3) is 0.348. The second-order valence-electron chi connectivity index (χ2n) is 16.7. The fourth-order valence-electron chi connectivity index (χ4n) is 9.78. The lowest BCUT2D eigenvalue weighted by Crippen LogP contribution is -2.78. The van der Waals surface area contributed by atoms with Gasteiger partial charge in [-0.1, -0.05) is 65.8 Å². The smallest absolute Gasteiger partial charge is 0.364 e. The molecule has 1 saturated carbocycles. The van der Waals surface area contributed by atoms with Gasteiger partial charge < -0.3 is 64.4 Å². The molecule has 3 fully saturated rings.